The zero-order valence-electron chi connectivity index (χ0n) is 11.8. The second-order valence-corrected chi connectivity index (χ2v) is 4.40. The van der Waals surface area contributed by atoms with Crippen LogP contribution in [0.25, 0.3) is 0 Å². The first-order chi connectivity index (χ1) is 9.62. The Bertz CT molecular complexity index is 539. The van der Waals surface area contributed by atoms with Gasteiger partial charge < -0.3 is 19.3 Å². The molecule has 0 fully saturated rings. The lowest BCUT2D eigenvalue weighted by Gasteiger charge is -2.11. The van der Waals surface area contributed by atoms with Gasteiger partial charge in [-0.05, 0) is 24.6 Å². The van der Waals surface area contributed by atoms with Crippen LogP contribution in [0, 0.1) is 0 Å². The topological polar surface area (TPSA) is 47.9 Å². The average Bonchev–Trinajstić information content (AvgIpc) is 2.47. The Hall–Kier alpha value is -2.20. The second kappa shape index (κ2) is 6.30. The van der Waals surface area contributed by atoms with Crippen LogP contribution in [0.1, 0.15) is 18.6 Å². The van der Waals surface area contributed by atoms with Crippen molar-refractivity contribution in [1.29, 1.82) is 0 Å². The van der Waals surface area contributed by atoms with Crippen LogP contribution in [0.5, 0.6) is 23.0 Å². The monoisotopic (exact) mass is 274 g/mol. The molecule has 0 heterocycles. The van der Waals surface area contributed by atoms with Gasteiger partial charge in [0.05, 0.1) is 20.3 Å². The quantitative estimate of drug-likeness (QED) is 0.905. The van der Waals surface area contributed by atoms with Crippen molar-refractivity contribution >= 4 is 0 Å². The van der Waals surface area contributed by atoms with E-state index in [2.05, 4.69) is 0 Å². The summed E-state index contributed by atoms with van der Waals surface area (Å²) in [6.45, 7) is 1.72. The molecule has 0 aliphatic heterocycles. The molecule has 0 unspecified atom stereocenters. The first-order valence-corrected chi connectivity index (χ1v) is 6.31. The van der Waals surface area contributed by atoms with E-state index in [0.29, 0.717) is 23.0 Å². The summed E-state index contributed by atoms with van der Waals surface area (Å²) in [4.78, 5) is 0. The van der Waals surface area contributed by atoms with Crippen LogP contribution in [-0.2, 0) is 0 Å². The molecule has 1 N–H and O–H groups in total. The van der Waals surface area contributed by atoms with E-state index >= 15 is 0 Å². The fourth-order valence-corrected chi connectivity index (χ4v) is 1.79. The number of ether oxygens (including phenoxy) is 3. The third kappa shape index (κ3) is 3.42. The molecule has 0 saturated carbocycles. The Labute approximate surface area is 118 Å². The molecule has 2 aromatic rings. The minimum Gasteiger partial charge on any atom is -0.496 e. The van der Waals surface area contributed by atoms with Gasteiger partial charge in [0.2, 0.25) is 0 Å². The third-order valence-corrected chi connectivity index (χ3v) is 2.92. The molecular weight excluding hydrogens is 256 g/mol. The zero-order valence-corrected chi connectivity index (χ0v) is 11.8. The lowest BCUT2D eigenvalue weighted by Crippen LogP contribution is -1.92. The summed E-state index contributed by atoms with van der Waals surface area (Å²) in [5.41, 5.74) is 0.848. The highest BCUT2D eigenvalue weighted by molar-refractivity contribution is 5.44. The van der Waals surface area contributed by atoms with Gasteiger partial charge in [-0.1, -0.05) is 12.1 Å². The minimum atomic E-state index is -0.485. The van der Waals surface area contributed by atoms with E-state index in [1.165, 1.54) is 0 Å². The lowest BCUT2D eigenvalue weighted by molar-refractivity contribution is 0.199. The van der Waals surface area contributed by atoms with Gasteiger partial charge in [-0.25, -0.2) is 0 Å². The summed E-state index contributed by atoms with van der Waals surface area (Å²) in [5, 5.41) is 9.47. The van der Waals surface area contributed by atoms with Crippen LogP contribution < -0.4 is 14.2 Å². The molecule has 2 aromatic carbocycles. The molecule has 0 aliphatic rings. The second-order valence-electron chi connectivity index (χ2n) is 4.40. The summed E-state index contributed by atoms with van der Waals surface area (Å²) in [6.07, 6.45) is -0.485. The molecule has 0 aromatic heterocycles. The molecule has 20 heavy (non-hydrogen) atoms. The van der Waals surface area contributed by atoms with E-state index in [-0.39, 0.29) is 0 Å². The lowest BCUT2D eigenvalue weighted by atomic mass is 10.1. The molecular formula is C16H18O4. The van der Waals surface area contributed by atoms with Crippen molar-refractivity contribution in [3.05, 3.63) is 48.0 Å². The normalized spacial score (nSPS) is 11.8. The fourth-order valence-electron chi connectivity index (χ4n) is 1.79. The highest BCUT2D eigenvalue weighted by Gasteiger charge is 2.05. The van der Waals surface area contributed by atoms with Gasteiger partial charge in [0.25, 0.3) is 0 Å². The summed E-state index contributed by atoms with van der Waals surface area (Å²) >= 11 is 0. The van der Waals surface area contributed by atoms with E-state index in [1.807, 2.05) is 24.3 Å². The standard InChI is InChI=1S/C16H18O4/c1-11(17)12-4-6-13(7-5-12)20-16-9-14(18-2)8-15(10-16)19-3/h4-11,17H,1-3H3/t11-/m0/s1. The Morgan fingerprint density at radius 1 is 0.800 bits per heavy atom. The number of rotatable bonds is 5. The Balaban J connectivity index is 2.20. The summed E-state index contributed by atoms with van der Waals surface area (Å²) < 4.78 is 16.1. The smallest absolute Gasteiger partial charge is 0.134 e. The van der Waals surface area contributed by atoms with E-state index in [1.54, 1.807) is 39.3 Å². The Morgan fingerprint density at radius 3 is 1.75 bits per heavy atom. The molecule has 0 amide bonds. The van der Waals surface area contributed by atoms with Crippen molar-refractivity contribution in [1.82, 2.24) is 0 Å². The summed E-state index contributed by atoms with van der Waals surface area (Å²) in [5.74, 6) is 2.65. The van der Waals surface area contributed by atoms with Crippen molar-refractivity contribution in [3.8, 4) is 23.0 Å². The van der Waals surface area contributed by atoms with Crippen LogP contribution in [0.2, 0.25) is 0 Å². The molecule has 0 bridgehead atoms. The van der Waals surface area contributed by atoms with Gasteiger partial charge >= 0.3 is 0 Å². The maximum absolute atomic E-state index is 9.47. The van der Waals surface area contributed by atoms with Crippen LogP contribution in [0.3, 0.4) is 0 Å². The first-order valence-electron chi connectivity index (χ1n) is 6.31. The van der Waals surface area contributed by atoms with Crippen LogP contribution in [-0.4, -0.2) is 19.3 Å². The van der Waals surface area contributed by atoms with Gasteiger partial charge in [0, 0.05) is 18.2 Å². The number of benzene rings is 2. The van der Waals surface area contributed by atoms with Crippen molar-refractivity contribution in [2.75, 3.05) is 14.2 Å². The fraction of sp³-hybridized carbons (Fsp3) is 0.250. The number of aliphatic hydroxyl groups is 1. The molecule has 2 rings (SSSR count). The minimum absolute atomic E-state index is 0.485. The molecule has 106 valence electrons. The Morgan fingerprint density at radius 2 is 1.30 bits per heavy atom. The number of aliphatic hydroxyl groups excluding tert-OH is 1. The summed E-state index contributed by atoms with van der Waals surface area (Å²) in [7, 11) is 3.19. The molecule has 0 saturated heterocycles. The number of methoxy groups -OCH3 is 2. The molecule has 4 nitrogen and oxygen atoms in total. The van der Waals surface area contributed by atoms with Crippen molar-refractivity contribution in [2.24, 2.45) is 0 Å². The number of hydrogen-bond acceptors (Lipinski definition) is 4. The number of hydrogen-bond donors (Lipinski definition) is 1. The highest BCUT2D eigenvalue weighted by Crippen LogP contribution is 2.31. The zero-order chi connectivity index (χ0) is 14.5. The summed E-state index contributed by atoms with van der Waals surface area (Å²) in [6, 6.07) is 12.6. The van der Waals surface area contributed by atoms with Crippen LogP contribution >= 0.6 is 0 Å². The van der Waals surface area contributed by atoms with Crippen LogP contribution in [0.15, 0.2) is 42.5 Å². The van der Waals surface area contributed by atoms with Gasteiger partial charge in [-0.15, -0.1) is 0 Å². The predicted octanol–water partition coefficient (Wildman–Crippen LogP) is 3.55. The maximum atomic E-state index is 9.47. The van der Waals surface area contributed by atoms with Crippen LogP contribution in [0.4, 0.5) is 0 Å². The third-order valence-electron chi connectivity index (χ3n) is 2.92. The van der Waals surface area contributed by atoms with E-state index < -0.39 is 6.10 Å². The molecule has 0 aliphatic carbocycles. The van der Waals surface area contributed by atoms with Gasteiger partial charge in [-0.3, -0.25) is 0 Å². The first kappa shape index (κ1) is 14.2. The van der Waals surface area contributed by atoms with E-state index in [0.717, 1.165) is 5.56 Å². The van der Waals surface area contributed by atoms with E-state index in [9.17, 15) is 5.11 Å². The molecule has 0 radical (unpaired) electrons. The largest absolute Gasteiger partial charge is 0.496 e. The predicted molar refractivity (Wildman–Crippen MR) is 76.7 cm³/mol. The average molecular weight is 274 g/mol. The van der Waals surface area contributed by atoms with Crippen molar-refractivity contribution < 1.29 is 19.3 Å². The van der Waals surface area contributed by atoms with Crippen molar-refractivity contribution in [2.45, 2.75) is 13.0 Å². The highest BCUT2D eigenvalue weighted by atomic mass is 16.5. The van der Waals surface area contributed by atoms with Gasteiger partial charge in [0.1, 0.15) is 23.0 Å². The molecule has 0 spiro atoms. The molecule has 4 heteroatoms. The van der Waals surface area contributed by atoms with Gasteiger partial charge in [-0.2, -0.15) is 0 Å². The maximum Gasteiger partial charge on any atom is 0.134 e. The Kier molecular flexibility index (Phi) is 4.48. The van der Waals surface area contributed by atoms with Gasteiger partial charge in [0.15, 0.2) is 0 Å². The molecule has 1 atom stereocenters. The van der Waals surface area contributed by atoms with E-state index in [4.69, 9.17) is 14.2 Å². The van der Waals surface area contributed by atoms with Crippen molar-refractivity contribution in [3.63, 3.8) is 0 Å². The SMILES string of the molecule is COc1cc(OC)cc(Oc2ccc([C@H](C)O)cc2)c1.